The second kappa shape index (κ2) is 5.49. The van der Waals surface area contributed by atoms with Crippen LogP contribution in [-0.4, -0.2) is 7.11 Å². The second-order valence-corrected chi connectivity index (χ2v) is 6.56. The molecule has 0 N–H and O–H groups in total. The van der Waals surface area contributed by atoms with E-state index < -0.39 is 7.94 Å². The predicted molar refractivity (Wildman–Crippen MR) is 70.4 cm³/mol. The van der Waals surface area contributed by atoms with Gasteiger partial charge in [-0.1, -0.05) is 46.3 Å². The van der Waals surface area contributed by atoms with Gasteiger partial charge in [-0.05, 0) is 5.56 Å². The van der Waals surface area contributed by atoms with Gasteiger partial charge in [0.1, 0.15) is 0 Å². The van der Waals surface area contributed by atoms with Crippen molar-refractivity contribution in [3.8, 4) is 0 Å². The fourth-order valence-corrected chi connectivity index (χ4v) is 4.35. The highest BCUT2D eigenvalue weighted by atomic mass is 79.9. The molecule has 0 aliphatic carbocycles. The van der Waals surface area contributed by atoms with Crippen LogP contribution < -0.4 is 4.89 Å². The molecule has 1 aliphatic rings. The quantitative estimate of drug-likeness (QED) is 0.784. The minimum atomic E-state index is -3.10. The lowest BCUT2D eigenvalue weighted by atomic mass is 10.1. The van der Waals surface area contributed by atoms with Crippen LogP contribution in [0.4, 0.5) is 0 Å². The van der Waals surface area contributed by atoms with E-state index in [2.05, 4.69) is 15.9 Å². The van der Waals surface area contributed by atoms with Crippen LogP contribution in [0.3, 0.4) is 0 Å². The summed E-state index contributed by atoms with van der Waals surface area (Å²) in [6.45, 7) is 0. The van der Waals surface area contributed by atoms with Crippen LogP contribution >= 0.6 is 23.9 Å². The summed E-state index contributed by atoms with van der Waals surface area (Å²) in [7, 11) is -1.66. The maximum Gasteiger partial charge on any atom is 0.291 e. The molecule has 92 valence electrons. The lowest BCUT2D eigenvalue weighted by Crippen LogP contribution is -2.25. The van der Waals surface area contributed by atoms with Gasteiger partial charge >= 0.3 is 0 Å². The van der Waals surface area contributed by atoms with E-state index in [-0.39, 0.29) is 5.66 Å². The molecule has 2 atom stereocenters. The van der Waals surface area contributed by atoms with E-state index in [1.165, 1.54) is 7.11 Å². The smallest absolute Gasteiger partial charge is 0.291 e. The van der Waals surface area contributed by atoms with Gasteiger partial charge in [-0.25, -0.2) is 4.52 Å². The Labute approximate surface area is 110 Å². The van der Waals surface area contributed by atoms with Crippen molar-refractivity contribution in [2.45, 2.75) is 18.5 Å². The molecule has 1 aliphatic heterocycles. The van der Waals surface area contributed by atoms with Crippen LogP contribution in [0.25, 0.3) is 0 Å². The van der Waals surface area contributed by atoms with Gasteiger partial charge in [-0.2, -0.15) is 0 Å². The first-order valence-corrected chi connectivity index (χ1v) is 7.91. The SMILES string of the molecule is CO[P+]1([O-])O/C(=C\Br)CCC1c1ccccc1. The van der Waals surface area contributed by atoms with E-state index in [0.717, 1.165) is 18.4 Å². The lowest BCUT2D eigenvalue weighted by Gasteiger charge is -2.37. The summed E-state index contributed by atoms with van der Waals surface area (Å²) in [6, 6.07) is 9.73. The van der Waals surface area contributed by atoms with Crippen LogP contribution in [0, 0.1) is 0 Å². The number of halogens is 1. The lowest BCUT2D eigenvalue weighted by molar-refractivity contribution is -0.218. The van der Waals surface area contributed by atoms with Gasteiger partial charge in [0.25, 0.3) is 7.94 Å². The van der Waals surface area contributed by atoms with Crippen LogP contribution in [0.15, 0.2) is 41.1 Å². The van der Waals surface area contributed by atoms with Gasteiger partial charge in [0, 0.05) is 17.8 Å². The molecule has 17 heavy (non-hydrogen) atoms. The molecule has 1 aromatic rings. The molecule has 1 heterocycles. The van der Waals surface area contributed by atoms with Crippen molar-refractivity contribution in [1.82, 2.24) is 0 Å². The predicted octanol–water partition coefficient (Wildman–Crippen LogP) is 3.54. The normalized spacial score (nSPS) is 31.2. The topological polar surface area (TPSA) is 41.5 Å². The average molecular weight is 317 g/mol. The van der Waals surface area contributed by atoms with Gasteiger partial charge in [0.2, 0.25) is 0 Å². The molecule has 1 saturated heterocycles. The summed E-state index contributed by atoms with van der Waals surface area (Å²) in [4.78, 5) is 14.3. The Morgan fingerprint density at radius 2 is 2.18 bits per heavy atom. The van der Waals surface area contributed by atoms with Gasteiger partial charge in [-0.15, -0.1) is 0 Å². The molecule has 0 bridgehead atoms. The van der Waals surface area contributed by atoms with Crippen LogP contribution in [-0.2, 0) is 9.05 Å². The van der Waals surface area contributed by atoms with Crippen LogP contribution in [0.1, 0.15) is 24.1 Å². The zero-order valence-corrected chi connectivity index (χ0v) is 12.0. The maximum absolute atomic E-state index is 12.6. The Balaban J connectivity index is 2.29. The molecule has 3 nitrogen and oxygen atoms in total. The van der Waals surface area contributed by atoms with Crippen molar-refractivity contribution < 1.29 is 13.9 Å². The molecule has 0 amide bonds. The minimum Gasteiger partial charge on any atom is -0.624 e. The van der Waals surface area contributed by atoms with Gasteiger partial charge in [0.05, 0.1) is 7.11 Å². The number of hydrogen-bond acceptors (Lipinski definition) is 3. The van der Waals surface area contributed by atoms with Crippen LogP contribution in [0.5, 0.6) is 0 Å². The Kier molecular flexibility index (Phi) is 4.21. The monoisotopic (exact) mass is 316 g/mol. The molecule has 1 aromatic carbocycles. The summed E-state index contributed by atoms with van der Waals surface area (Å²) >= 11 is 3.20. The molecule has 2 unspecified atom stereocenters. The maximum atomic E-state index is 12.6. The van der Waals surface area contributed by atoms with Gasteiger partial charge in [0.15, 0.2) is 11.4 Å². The Morgan fingerprint density at radius 1 is 1.47 bits per heavy atom. The van der Waals surface area contributed by atoms with Gasteiger partial charge in [-0.3, -0.25) is 0 Å². The van der Waals surface area contributed by atoms with Crippen molar-refractivity contribution in [2.75, 3.05) is 7.11 Å². The van der Waals surface area contributed by atoms with E-state index in [9.17, 15) is 4.89 Å². The Hall–Kier alpha value is -0.410. The number of rotatable bonds is 2. The molecule has 5 heteroatoms. The largest absolute Gasteiger partial charge is 0.624 e. The van der Waals surface area contributed by atoms with E-state index in [1.54, 1.807) is 4.99 Å². The zero-order valence-electron chi connectivity index (χ0n) is 9.51. The third kappa shape index (κ3) is 2.71. The molecule has 0 radical (unpaired) electrons. The fourth-order valence-electron chi connectivity index (χ4n) is 1.97. The molecule has 0 aromatic heterocycles. The summed E-state index contributed by atoms with van der Waals surface area (Å²) < 4.78 is 10.6. The molecule has 1 fully saturated rings. The van der Waals surface area contributed by atoms with E-state index in [4.69, 9.17) is 9.05 Å². The first kappa shape index (κ1) is 13.0. The summed E-state index contributed by atoms with van der Waals surface area (Å²) in [6.07, 6.45) is 1.53. The summed E-state index contributed by atoms with van der Waals surface area (Å²) in [5.74, 6) is 0.683. The summed E-state index contributed by atoms with van der Waals surface area (Å²) in [5, 5.41) is 0. The number of hydrogen-bond donors (Lipinski definition) is 0. The molecule has 0 saturated carbocycles. The Morgan fingerprint density at radius 3 is 2.76 bits per heavy atom. The standard InChI is InChI=1S/C12H14BrO3P/c1-15-17(14)12(8-7-11(9-13)16-17)10-5-3-2-4-6-10/h2-6,9,12H,7-8H2,1H3/b11-9-. The fraction of sp³-hybridized carbons (Fsp3) is 0.333. The van der Waals surface area contributed by atoms with E-state index in [1.807, 2.05) is 30.3 Å². The van der Waals surface area contributed by atoms with E-state index in [0.29, 0.717) is 5.76 Å². The third-order valence-corrected chi connectivity index (χ3v) is 5.68. The first-order chi connectivity index (χ1) is 8.19. The molecular formula is C12H14BrO3P. The minimum absolute atomic E-state index is 0.176. The highest BCUT2D eigenvalue weighted by Crippen LogP contribution is 2.69. The third-order valence-electron chi connectivity index (χ3n) is 2.85. The average Bonchev–Trinajstić information content (AvgIpc) is 2.39. The van der Waals surface area contributed by atoms with Crippen molar-refractivity contribution in [2.24, 2.45) is 0 Å². The molecule has 0 spiro atoms. The van der Waals surface area contributed by atoms with E-state index >= 15 is 0 Å². The number of allylic oxidation sites excluding steroid dienone is 1. The highest BCUT2D eigenvalue weighted by molar-refractivity contribution is 9.11. The second-order valence-electron chi connectivity index (χ2n) is 3.85. The van der Waals surface area contributed by atoms with Gasteiger partial charge < -0.3 is 9.42 Å². The van der Waals surface area contributed by atoms with Crippen molar-refractivity contribution in [3.63, 3.8) is 0 Å². The van der Waals surface area contributed by atoms with Crippen LogP contribution in [0.2, 0.25) is 0 Å². The highest BCUT2D eigenvalue weighted by Gasteiger charge is 2.46. The van der Waals surface area contributed by atoms with Crippen molar-refractivity contribution >= 4 is 23.9 Å². The van der Waals surface area contributed by atoms with Crippen molar-refractivity contribution in [1.29, 1.82) is 0 Å². The zero-order chi connectivity index (χ0) is 12.3. The molecular weight excluding hydrogens is 303 g/mol. The Bertz CT molecular complexity index is 409. The number of benzene rings is 1. The first-order valence-electron chi connectivity index (χ1n) is 5.39. The van der Waals surface area contributed by atoms with Crippen molar-refractivity contribution in [3.05, 3.63) is 46.6 Å². The summed E-state index contributed by atoms with van der Waals surface area (Å²) in [5.41, 5.74) is 0.830. The molecule has 2 rings (SSSR count).